The van der Waals surface area contributed by atoms with E-state index in [-0.39, 0.29) is 18.6 Å². The van der Waals surface area contributed by atoms with Crippen LogP contribution in [-0.2, 0) is 4.79 Å². The molecule has 0 radical (unpaired) electrons. The highest BCUT2D eigenvalue weighted by Gasteiger charge is 2.04. The molecule has 1 amide bonds. The summed E-state index contributed by atoms with van der Waals surface area (Å²) in [6, 6.07) is 9.56. The fraction of sp³-hybridized carbons (Fsp3) is 0.417. The number of carbonyl (C=O) groups is 1. The number of ether oxygens (including phenoxy) is 1. The van der Waals surface area contributed by atoms with Gasteiger partial charge in [0.25, 0.3) is 5.91 Å². The summed E-state index contributed by atoms with van der Waals surface area (Å²) < 4.78 is 5.30. The molecule has 0 saturated carbocycles. The van der Waals surface area contributed by atoms with Crippen molar-refractivity contribution in [2.45, 2.75) is 13.0 Å². The fourth-order valence-corrected chi connectivity index (χ4v) is 1.09. The van der Waals surface area contributed by atoms with E-state index < -0.39 is 0 Å². The topological polar surface area (TPSA) is 50.4 Å². The van der Waals surface area contributed by atoms with Crippen LogP contribution in [0.3, 0.4) is 0 Å². The molecule has 0 bridgehead atoms. The van der Waals surface area contributed by atoms with Gasteiger partial charge in [-0.15, -0.1) is 0 Å². The maximum absolute atomic E-state index is 11.4. The van der Waals surface area contributed by atoms with Crippen LogP contribution < -0.4 is 15.4 Å². The van der Waals surface area contributed by atoms with Crippen LogP contribution in [-0.4, -0.2) is 32.1 Å². The number of nitrogens with one attached hydrogen (secondary N) is 2. The van der Waals surface area contributed by atoms with E-state index >= 15 is 0 Å². The summed E-state index contributed by atoms with van der Waals surface area (Å²) >= 11 is 0. The molecule has 0 saturated heterocycles. The minimum absolute atomic E-state index is 0.0560. The lowest BCUT2D eigenvalue weighted by Gasteiger charge is -2.11. The second-order valence-corrected chi connectivity index (χ2v) is 3.60. The van der Waals surface area contributed by atoms with E-state index in [0.29, 0.717) is 12.3 Å². The van der Waals surface area contributed by atoms with Crippen LogP contribution in [0.2, 0.25) is 0 Å². The molecular weight excluding hydrogens is 204 g/mol. The van der Waals surface area contributed by atoms with Crippen LogP contribution in [0.25, 0.3) is 0 Å². The average molecular weight is 222 g/mol. The van der Waals surface area contributed by atoms with Crippen LogP contribution in [0.4, 0.5) is 0 Å². The summed E-state index contributed by atoms with van der Waals surface area (Å²) in [6.07, 6.45) is 0. The van der Waals surface area contributed by atoms with Crippen molar-refractivity contribution in [3.63, 3.8) is 0 Å². The van der Waals surface area contributed by atoms with Gasteiger partial charge in [-0.3, -0.25) is 4.79 Å². The molecule has 4 heteroatoms. The predicted octanol–water partition coefficient (Wildman–Crippen LogP) is 0.790. The van der Waals surface area contributed by atoms with Crippen LogP contribution in [0.1, 0.15) is 6.92 Å². The van der Waals surface area contributed by atoms with Gasteiger partial charge in [0.2, 0.25) is 0 Å². The smallest absolute Gasteiger partial charge is 0.257 e. The third-order valence-electron chi connectivity index (χ3n) is 2.21. The Kier molecular flexibility index (Phi) is 5.36. The standard InChI is InChI=1S/C12H18N2O2/c1-10(13-2)8-14-12(15)9-16-11-6-4-3-5-7-11/h3-7,10,13H,8-9H2,1-2H3,(H,14,15). The van der Waals surface area contributed by atoms with E-state index in [0.717, 1.165) is 0 Å². The van der Waals surface area contributed by atoms with E-state index in [1.54, 1.807) is 0 Å². The van der Waals surface area contributed by atoms with Gasteiger partial charge in [0.05, 0.1) is 0 Å². The number of likely N-dealkylation sites (N-methyl/N-ethyl adjacent to an activating group) is 1. The Bertz CT molecular complexity index is 314. The van der Waals surface area contributed by atoms with Gasteiger partial charge in [0, 0.05) is 12.6 Å². The van der Waals surface area contributed by atoms with E-state index in [4.69, 9.17) is 4.74 Å². The highest BCUT2D eigenvalue weighted by Crippen LogP contribution is 2.07. The Labute approximate surface area is 96.0 Å². The van der Waals surface area contributed by atoms with Crippen LogP contribution in [0.15, 0.2) is 30.3 Å². The number of hydrogen-bond donors (Lipinski definition) is 2. The van der Waals surface area contributed by atoms with Gasteiger partial charge in [-0.25, -0.2) is 0 Å². The lowest BCUT2D eigenvalue weighted by Crippen LogP contribution is -2.39. The Morgan fingerprint density at radius 2 is 2.06 bits per heavy atom. The molecule has 16 heavy (non-hydrogen) atoms. The summed E-state index contributed by atoms with van der Waals surface area (Å²) in [5, 5.41) is 5.82. The van der Waals surface area contributed by atoms with Crippen molar-refractivity contribution >= 4 is 5.91 Å². The van der Waals surface area contributed by atoms with Crippen molar-refractivity contribution in [3.05, 3.63) is 30.3 Å². The maximum atomic E-state index is 11.4. The predicted molar refractivity (Wildman–Crippen MR) is 63.5 cm³/mol. The van der Waals surface area contributed by atoms with Gasteiger partial charge in [-0.2, -0.15) is 0 Å². The van der Waals surface area contributed by atoms with Gasteiger partial charge in [-0.1, -0.05) is 18.2 Å². The van der Waals surface area contributed by atoms with E-state index in [2.05, 4.69) is 10.6 Å². The summed E-state index contributed by atoms with van der Waals surface area (Å²) in [7, 11) is 1.86. The highest BCUT2D eigenvalue weighted by atomic mass is 16.5. The molecule has 1 atom stereocenters. The molecule has 0 aliphatic rings. The fourth-order valence-electron chi connectivity index (χ4n) is 1.09. The molecule has 4 nitrogen and oxygen atoms in total. The molecule has 1 rings (SSSR count). The number of para-hydroxylation sites is 1. The van der Waals surface area contributed by atoms with E-state index in [1.165, 1.54) is 0 Å². The normalized spacial score (nSPS) is 11.9. The molecule has 2 N–H and O–H groups in total. The molecule has 0 heterocycles. The molecule has 1 aromatic carbocycles. The van der Waals surface area contributed by atoms with Crippen molar-refractivity contribution < 1.29 is 9.53 Å². The third kappa shape index (κ3) is 4.79. The highest BCUT2D eigenvalue weighted by molar-refractivity contribution is 5.77. The van der Waals surface area contributed by atoms with E-state index in [1.807, 2.05) is 44.3 Å². The van der Waals surface area contributed by atoms with Crippen molar-refractivity contribution in [1.29, 1.82) is 0 Å². The molecule has 1 aromatic rings. The molecule has 0 aliphatic carbocycles. The first-order valence-electron chi connectivity index (χ1n) is 5.34. The zero-order valence-corrected chi connectivity index (χ0v) is 9.69. The molecule has 1 unspecified atom stereocenters. The van der Waals surface area contributed by atoms with Crippen LogP contribution >= 0.6 is 0 Å². The van der Waals surface area contributed by atoms with Gasteiger partial charge < -0.3 is 15.4 Å². The zero-order chi connectivity index (χ0) is 11.8. The van der Waals surface area contributed by atoms with Crippen molar-refractivity contribution in [2.75, 3.05) is 20.2 Å². The second kappa shape index (κ2) is 6.85. The SMILES string of the molecule is CNC(C)CNC(=O)COc1ccccc1. The summed E-state index contributed by atoms with van der Waals surface area (Å²) in [4.78, 5) is 11.4. The maximum Gasteiger partial charge on any atom is 0.257 e. The number of carbonyl (C=O) groups excluding carboxylic acids is 1. The third-order valence-corrected chi connectivity index (χ3v) is 2.21. The number of amides is 1. The summed E-state index contributed by atoms with van der Waals surface area (Å²) in [6.45, 7) is 2.66. The number of rotatable bonds is 6. The first kappa shape index (κ1) is 12.5. The second-order valence-electron chi connectivity index (χ2n) is 3.60. The molecule has 88 valence electrons. The Balaban J connectivity index is 2.20. The van der Waals surface area contributed by atoms with Gasteiger partial charge >= 0.3 is 0 Å². The molecule has 0 fully saturated rings. The molecule has 0 aliphatic heterocycles. The Hall–Kier alpha value is -1.55. The minimum Gasteiger partial charge on any atom is -0.484 e. The van der Waals surface area contributed by atoms with Crippen molar-refractivity contribution in [1.82, 2.24) is 10.6 Å². The first-order chi connectivity index (χ1) is 7.72. The number of hydrogen-bond acceptors (Lipinski definition) is 3. The monoisotopic (exact) mass is 222 g/mol. The summed E-state index contributed by atoms with van der Waals surface area (Å²) in [5.41, 5.74) is 0. The molecule has 0 spiro atoms. The zero-order valence-electron chi connectivity index (χ0n) is 9.69. The van der Waals surface area contributed by atoms with Gasteiger partial charge in [0.15, 0.2) is 6.61 Å². The molecular formula is C12H18N2O2. The lowest BCUT2D eigenvalue weighted by molar-refractivity contribution is -0.123. The largest absolute Gasteiger partial charge is 0.484 e. The summed E-state index contributed by atoms with van der Waals surface area (Å²) in [5.74, 6) is 0.602. The van der Waals surface area contributed by atoms with E-state index in [9.17, 15) is 4.79 Å². The molecule has 0 aromatic heterocycles. The Morgan fingerprint density at radius 1 is 1.38 bits per heavy atom. The van der Waals surface area contributed by atoms with Gasteiger partial charge in [-0.05, 0) is 26.1 Å². The quantitative estimate of drug-likeness (QED) is 0.748. The van der Waals surface area contributed by atoms with Crippen molar-refractivity contribution in [2.24, 2.45) is 0 Å². The van der Waals surface area contributed by atoms with Crippen molar-refractivity contribution in [3.8, 4) is 5.75 Å². The van der Waals surface area contributed by atoms with Crippen LogP contribution in [0.5, 0.6) is 5.75 Å². The Morgan fingerprint density at radius 3 is 2.69 bits per heavy atom. The average Bonchev–Trinajstić information content (AvgIpc) is 2.34. The van der Waals surface area contributed by atoms with Gasteiger partial charge in [0.1, 0.15) is 5.75 Å². The van der Waals surface area contributed by atoms with Crippen LogP contribution in [0, 0.1) is 0 Å². The minimum atomic E-state index is -0.106. The lowest BCUT2D eigenvalue weighted by atomic mass is 10.3. The first-order valence-corrected chi connectivity index (χ1v) is 5.34. The number of benzene rings is 1.